The van der Waals surface area contributed by atoms with Crippen LogP contribution in [0.5, 0.6) is 23.0 Å². The zero-order valence-electron chi connectivity index (χ0n) is 24.3. The first-order chi connectivity index (χ1) is 22.2. The molecule has 7 nitrogen and oxygen atoms in total. The van der Waals surface area contributed by atoms with Crippen LogP contribution in [0.2, 0.25) is 0 Å². The number of benzene rings is 5. The van der Waals surface area contributed by atoms with Crippen LogP contribution in [0.4, 0.5) is 0 Å². The van der Waals surface area contributed by atoms with E-state index in [0.717, 1.165) is 28.0 Å². The summed E-state index contributed by atoms with van der Waals surface area (Å²) < 4.78 is 30.1. The fraction of sp³-hybridized carbons (Fsp3) is 0.211. The Kier molecular flexibility index (Phi) is 5.16. The van der Waals surface area contributed by atoms with Crippen LogP contribution in [0.15, 0.2) is 103 Å². The van der Waals surface area contributed by atoms with Crippen LogP contribution in [0.1, 0.15) is 45.2 Å². The van der Waals surface area contributed by atoms with Crippen LogP contribution in [-0.2, 0) is 28.7 Å². The second kappa shape index (κ2) is 9.11. The smallest absolute Gasteiger partial charge is 0.231 e. The predicted molar refractivity (Wildman–Crippen MR) is 165 cm³/mol. The Hall–Kier alpha value is -4.82. The summed E-state index contributed by atoms with van der Waals surface area (Å²) in [6.07, 6.45) is -0.0340. The van der Waals surface area contributed by atoms with Gasteiger partial charge in [0, 0.05) is 12.5 Å². The molecule has 3 aliphatic heterocycles. The molecule has 2 N–H and O–H groups in total. The van der Waals surface area contributed by atoms with Gasteiger partial charge in [-0.15, -0.1) is 0 Å². The van der Waals surface area contributed by atoms with E-state index in [4.69, 9.17) is 23.7 Å². The topological polar surface area (TPSA) is 78.4 Å². The maximum atomic E-state index is 11.8. The van der Waals surface area contributed by atoms with Gasteiger partial charge >= 0.3 is 0 Å². The van der Waals surface area contributed by atoms with Crippen LogP contribution in [-0.4, -0.2) is 24.7 Å². The number of rotatable bonds is 3. The van der Waals surface area contributed by atoms with E-state index in [-0.39, 0.29) is 19.6 Å². The molecule has 222 valence electrons. The molecule has 0 aromatic heterocycles. The maximum absolute atomic E-state index is 11.8. The number of hydrogen-bond donors (Lipinski definition) is 2. The van der Waals surface area contributed by atoms with Crippen molar-refractivity contribution in [2.45, 2.75) is 36.3 Å². The number of fused-ring (bicyclic) bond motifs is 9. The highest BCUT2D eigenvalue weighted by Crippen LogP contribution is 2.57. The lowest BCUT2D eigenvalue weighted by Gasteiger charge is -2.46. The second-order valence-electron chi connectivity index (χ2n) is 12.4. The summed E-state index contributed by atoms with van der Waals surface area (Å²) in [5, 5.41) is 16.0. The Bertz CT molecular complexity index is 1980. The molecule has 0 bridgehead atoms. The Morgan fingerprint density at radius 1 is 0.644 bits per heavy atom. The van der Waals surface area contributed by atoms with Gasteiger partial charge in [0.05, 0.1) is 11.1 Å². The Morgan fingerprint density at radius 2 is 1.31 bits per heavy atom. The summed E-state index contributed by atoms with van der Waals surface area (Å²) in [6, 6.07) is 35.8. The second-order valence-corrected chi connectivity index (χ2v) is 12.4. The number of hydrogen-bond acceptors (Lipinski definition) is 7. The first-order valence-corrected chi connectivity index (χ1v) is 15.4. The summed E-state index contributed by atoms with van der Waals surface area (Å²) in [6.45, 7) is 0.311. The molecule has 0 radical (unpaired) electrons. The third-order valence-corrected chi connectivity index (χ3v) is 10.3. The largest absolute Gasteiger partial charge is 0.454 e. The number of ether oxygens (including phenoxy) is 5. The lowest BCUT2D eigenvalue weighted by Crippen LogP contribution is -2.58. The lowest BCUT2D eigenvalue weighted by atomic mass is 9.76. The van der Waals surface area contributed by atoms with Gasteiger partial charge in [-0.05, 0) is 69.1 Å². The van der Waals surface area contributed by atoms with Gasteiger partial charge < -0.3 is 28.8 Å². The van der Waals surface area contributed by atoms with Crippen molar-refractivity contribution in [1.29, 1.82) is 0 Å². The molecule has 3 atom stereocenters. The predicted octanol–water partition coefficient (Wildman–Crippen LogP) is 6.09. The summed E-state index contributed by atoms with van der Waals surface area (Å²) in [4.78, 5) is 0. The standard InChI is InChI=1S/C38H29NO6/c40-36-34-22(14-15-30-35(34)44-21-41-30)19-37(45-36)29-18-32-31(42-20-43-32)16-23(29)17-33(37)39-38(24-8-2-1-3-9-24)27-12-6-4-10-25(27)26-11-5-7-13-28(26)38/h1-16,18,33,36,39-40H,17,19-21H2/t33-,36?,37+/m1/s1. The van der Waals surface area contributed by atoms with Crippen molar-refractivity contribution in [2.24, 2.45) is 0 Å². The average Bonchev–Trinajstić information content (AvgIpc) is 3.85. The summed E-state index contributed by atoms with van der Waals surface area (Å²) in [5.41, 5.74) is 8.05. The van der Waals surface area contributed by atoms with Crippen LogP contribution in [0.25, 0.3) is 11.1 Å². The number of aliphatic hydroxyl groups is 1. The van der Waals surface area contributed by atoms with E-state index in [1.165, 1.54) is 22.3 Å². The van der Waals surface area contributed by atoms with Crippen LogP contribution < -0.4 is 24.3 Å². The third kappa shape index (κ3) is 3.35. The Labute approximate surface area is 259 Å². The molecule has 45 heavy (non-hydrogen) atoms. The monoisotopic (exact) mass is 595 g/mol. The molecule has 0 amide bonds. The minimum absolute atomic E-state index is 0.124. The van der Waals surface area contributed by atoms with Gasteiger partial charge in [0.1, 0.15) is 5.60 Å². The summed E-state index contributed by atoms with van der Waals surface area (Å²) >= 11 is 0. The maximum Gasteiger partial charge on any atom is 0.231 e. The Morgan fingerprint density at radius 3 is 2.09 bits per heavy atom. The third-order valence-electron chi connectivity index (χ3n) is 10.3. The van der Waals surface area contributed by atoms with Gasteiger partial charge in [0.15, 0.2) is 29.3 Å². The molecule has 7 heteroatoms. The van der Waals surface area contributed by atoms with E-state index in [1.54, 1.807) is 0 Å². The van der Waals surface area contributed by atoms with E-state index < -0.39 is 17.4 Å². The minimum Gasteiger partial charge on any atom is -0.454 e. The number of aliphatic hydroxyl groups excluding tert-OH is 1. The molecule has 3 heterocycles. The van der Waals surface area contributed by atoms with E-state index in [9.17, 15) is 5.11 Å². The van der Waals surface area contributed by atoms with Gasteiger partial charge in [-0.25, -0.2) is 0 Å². The summed E-state index contributed by atoms with van der Waals surface area (Å²) in [5.74, 6) is 2.61. The van der Waals surface area contributed by atoms with Crippen LogP contribution >= 0.6 is 0 Å². The molecule has 0 fully saturated rings. The minimum atomic E-state index is -1.22. The zero-order chi connectivity index (χ0) is 29.8. The fourth-order valence-electron chi connectivity index (χ4n) is 8.43. The first kappa shape index (κ1) is 25.5. The van der Waals surface area contributed by atoms with E-state index >= 15 is 0 Å². The molecule has 5 aromatic carbocycles. The highest BCUT2D eigenvalue weighted by Gasteiger charge is 2.57. The molecule has 5 aromatic rings. The molecule has 0 saturated carbocycles. The van der Waals surface area contributed by atoms with Gasteiger partial charge in [-0.1, -0.05) is 84.9 Å². The molecule has 1 spiro atoms. The van der Waals surface area contributed by atoms with E-state index in [2.05, 4.69) is 96.3 Å². The zero-order valence-corrected chi connectivity index (χ0v) is 24.3. The highest BCUT2D eigenvalue weighted by molar-refractivity contribution is 5.83. The quantitative estimate of drug-likeness (QED) is 0.261. The van der Waals surface area contributed by atoms with E-state index in [0.29, 0.717) is 35.7 Å². The van der Waals surface area contributed by atoms with Crippen LogP contribution in [0, 0.1) is 0 Å². The molecule has 5 aliphatic rings. The van der Waals surface area contributed by atoms with Crippen molar-refractivity contribution >= 4 is 0 Å². The molecule has 2 aliphatic carbocycles. The molecular formula is C38H29NO6. The molecule has 1 unspecified atom stereocenters. The van der Waals surface area contributed by atoms with Crippen LogP contribution in [0.3, 0.4) is 0 Å². The van der Waals surface area contributed by atoms with Crippen molar-refractivity contribution in [3.63, 3.8) is 0 Å². The fourth-order valence-corrected chi connectivity index (χ4v) is 8.43. The Balaban J connectivity index is 1.20. The van der Waals surface area contributed by atoms with Crippen molar-refractivity contribution in [1.82, 2.24) is 5.32 Å². The normalized spacial score (nSPS) is 23.8. The average molecular weight is 596 g/mol. The lowest BCUT2D eigenvalue weighted by molar-refractivity contribution is -0.215. The van der Waals surface area contributed by atoms with Gasteiger partial charge in [0.2, 0.25) is 13.6 Å². The van der Waals surface area contributed by atoms with Gasteiger partial charge in [0.25, 0.3) is 0 Å². The van der Waals surface area contributed by atoms with Gasteiger partial charge in [-0.3, -0.25) is 5.32 Å². The van der Waals surface area contributed by atoms with Crippen molar-refractivity contribution in [2.75, 3.05) is 13.6 Å². The van der Waals surface area contributed by atoms with Crippen molar-refractivity contribution in [3.8, 4) is 34.1 Å². The first-order valence-electron chi connectivity index (χ1n) is 15.4. The molecule has 10 rings (SSSR count). The molecule has 0 saturated heterocycles. The SMILES string of the molecule is OC1O[C@@]2(Cc3ccc4c(c31)OCO4)c1cc3c(cc1C[C@H]2NC1(c2ccccc2)c2ccccc2-c2ccccc21)OCO3. The van der Waals surface area contributed by atoms with E-state index in [1.807, 2.05) is 12.1 Å². The van der Waals surface area contributed by atoms with Gasteiger partial charge in [-0.2, -0.15) is 0 Å². The summed E-state index contributed by atoms with van der Waals surface area (Å²) in [7, 11) is 0. The van der Waals surface area contributed by atoms with Crippen molar-refractivity contribution in [3.05, 3.63) is 142 Å². The highest BCUT2D eigenvalue weighted by atomic mass is 16.7. The van der Waals surface area contributed by atoms with Crippen molar-refractivity contribution < 1.29 is 28.8 Å². The molecular weight excluding hydrogens is 566 g/mol. The number of nitrogens with one attached hydrogen (secondary N) is 1.